The summed E-state index contributed by atoms with van der Waals surface area (Å²) >= 11 is 1.30. The zero-order valence-electron chi connectivity index (χ0n) is 15.6. The lowest BCUT2D eigenvalue weighted by molar-refractivity contribution is -0.136. The van der Waals surface area contributed by atoms with Gasteiger partial charge < -0.3 is 10.2 Å². The predicted molar refractivity (Wildman–Crippen MR) is 109 cm³/mol. The Kier molecular flexibility index (Phi) is 6.52. The van der Waals surface area contributed by atoms with Crippen LogP contribution < -0.4 is 5.32 Å². The number of aryl methyl sites for hydroxylation is 1. The molecule has 0 aliphatic carbocycles. The molecule has 4 heterocycles. The maximum atomic E-state index is 13.1. The van der Waals surface area contributed by atoms with Crippen LogP contribution in [0.4, 0.5) is 0 Å². The van der Waals surface area contributed by atoms with E-state index < -0.39 is 10.0 Å². The largest absolute Gasteiger partial charge is 0.341 e. The first-order chi connectivity index (χ1) is 12.4. The number of fused-ring (bicyclic) bond motifs is 2. The normalized spacial score (nSPS) is 29.2. The number of hydrogen-bond donors (Lipinski definition) is 1. The molecule has 3 fully saturated rings. The summed E-state index contributed by atoms with van der Waals surface area (Å²) in [6, 6.07) is 4.47. The molecule has 3 aliphatic rings. The van der Waals surface area contributed by atoms with Gasteiger partial charge in [0.1, 0.15) is 4.21 Å². The lowest BCUT2D eigenvalue weighted by Crippen LogP contribution is -2.48. The van der Waals surface area contributed by atoms with E-state index in [1.807, 2.05) is 17.9 Å². The Hall–Kier alpha value is -0.670. The van der Waals surface area contributed by atoms with Gasteiger partial charge in [0.15, 0.2) is 0 Å². The molecule has 152 valence electrons. The highest BCUT2D eigenvalue weighted by molar-refractivity contribution is 7.91. The van der Waals surface area contributed by atoms with Crippen molar-refractivity contribution >= 4 is 39.7 Å². The quantitative estimate of drug-likeness (QED) is 0.793. The van der Waals surface area contributed by atoms with Crippen molar-refractivity contribution in [1.29, 1.82) is 0 Å². The van der Waals surface area contributed by atoms with E-state index in [4.69, 9.17) is 0 Å². The summed E-state index contributed by atoms with van der Waals surface area (Å²) in [7, 11) is -3.49. The van der Waals surface area contributed by atoms with E-state index in [9.17, 15) is 13.2 Å². The lowest BCUT2D eigenvalue weighted by Gasteiger charge is -2.34. The van der Waals surface area contributed by atoms with Crippen molar-refractivity contribution in [3.05, 3.63) is 17.0 Å². The van der Waals surface area contributed by atoms with E-state index in [0.717, 1.165) is 43.6 Å². The molecule has 1 amide bonds. The molecule has 6 nitrogen and oxygen atoms in total. The molecule has 1 N–H and O–H groups in total. The second kappa shape index (κ2) is 8.37. The molecule has 3 unspecified atom stereocenters. The van der Waals surface area contributed by atoms with E-state index in [-0.39, 0.29) is 24.2 Å². The van der Waals surface area contributed by atoms with Gasteiger partial charge >= 0.3 is 0 Å². The molecule has 9 heteroatoms. The van der Waals surface area contributed by atoms with Crippen LogP contribution >= 0.6 is 23.7 Å². The summed E-state index contributed by atoms with van der Waals surface area (Å²) in [4.78, 5) is 16.0. The van der Waals surface area contributed by atoms with Crippen molar-refractivity contribution in [2.45, 2.75) is 55.3 Å². The van der Waals surface area contributed by atoms with Crippen molar-refractivity contribution < 1.29 is 13.2 Å². The Balaban J connectivity index is 0.00000210. The van der Waals surface area contributed by atoms with Crippen LogP contribution in [0, 0.1) is 12.8 Å². The van der Waals surface area contributed by atoms with Crippen LogP contribution in [0.1, 0.15) is 37.0 Å². The molecule has 4 rings (SSSR count). The van der Waals surface area contributed by atoms with Gasteiger partial charge in [0.25, 0.3) is 10.0 Å². The molecular weight excluding hydrogens is 406 g/mol. The topological polar surface area (TPSA) is 69.7 Å². The minimum Gasteiger partial charge on any atom is -0.341 e. The number of thiophene rings is 1. The smallest absolute Gasteiger partial charge is 0.252 e. The summed E-state index contributed by atoms with van der Waals surface area (Å²) in [6.45, 7) is 4.29. The zero-order valence-corrected chi connectivity index (χ0v) is 18.0. The maximum Gasteiger partial charge on any atom is 0.252 e. The number of halogens is 1. The maximum absolute atomic E-state index is 13.1. The third-order valence-corrected chi connectivity index (χ3v) is 9.21. The van der Waals surface area contributed by atoms with Crippen molar-refractivity contribution in [2.24, 2.45) is 5.92 Å². The van der Waals surface area contributed by atoms with Gasteiger partial charge in [-0.1, -0.05) is 0 Å². The zero-order chi connectivity index (χ0) is 18.3. The van der Waals surface area contributed by atoms with Gasteiger partial charge in [0.2, 0.25) is 5.91 Å². The van der Waals surface area contributed by atoms with Crippen LogP contribution in [0.3, 0.4) is 0 Å². The highest BCUT2D eigenvalue weighted by atomic mass is 35.5. The van der Waals surface area contributed by atoms with E-state index in [1.54, 1.807) is 6.07 Å². The Morgan fingerprint density at radius 1 is 1.11 bits per heavy atom. The average molecular weight is 434 g/mol. The minimum absolute atomic E-state index is 0. The summed E-state index contributed by atoms with van der Waals surface area (Å²) in [6.07, 6.45) is 4.88. The van der Waals surface area contributed by atoms with Crippen LogP contribution in [-0.2, 0) is 14.8 Å². The van der Waals surface area contributed by atoms with Gasteiger partial charge in [-0.25, -0.2) is 8.42 Å². The summed E-state index contributed by atoms with van der Waals surface area (Å²) in [5.41, 5.74) is 0. The molecule has 0 saturated carbocycles. The van der Waals surface area contributed by atoms with Gasteiger partial charge in [-0.2, -0.15) is 4.31 Å². The summed E-state index contributed by atoms with van der Waals surface area (Å²) in [5.74, 6) is -0.0715. The van der Waals surface area contributed by atoms with Crippen molar-refractivity contribution in [1.82, 2.24) is 14.5 Å². The van der Waals surface area contributed by atoms with Crippen LogP contribution in [0.5, 0.6) is 0 Å². The van der Waals surface area contributed by atoms with Crippen LogP contribution in [0.2, 0.25) is 0 Å². The number of hydrogen-bond acceptors (Lipinski definition) is 5. The van der Waals surface area contributed by atoms with Crippen LogP contribution in [0.25, 0.3) is 0 Å². The second-order valence-corrected chi connectivity index (χ2v) is 11.2. The first-order valence-corrected chi connectivity index (χ1v) is 11.8. The molecule has 1 aromatic heterocycles. The fourth-order valence-corrected chi connectivity index (χ4v) is 7.40. The van der Waals surface area contributed by atoms with E-state index in [0.29, 0.717) is 29.4 Å². The monoisotopic (exact) mass is 433 g/mol. The Morgan fingerprint density at radius 2 is 1.89 bits per heavy atom. The number of likely N-dealkylation sites (tertiary alicyclic amines) is 1. The number of piperidine rings is 1. The Bertz CT molecular complexity index is 783. The number of sulfonamides is 1. The molecule has 2 bridgehead atoms. The van der Waals surface area contributed by atoms with Crippen molar-refractivity contribution in [2.75, 3.05) is 26.2 Å². The van der Waals surface area contributed by atoms with Crippen molar-refractivity contribution in [3.8, 4) is 0 Å². The number of carbonyl (C=O) groups excluding carboxylic acids is 1. The minimum atomic E-state index is -3.49. The fourth-order valence-electron chi connectivity index (χ4n) is 4.44. The van der Waals surface area contributed by atoms with Gasteiger partial charge in [-0.3, -0.25) is 4.79 Å². The number of amides is 1. The van der Waals surface area contributed by atoms with E-state index >= 15 is 0 Å². The molecule has 0 radical (unpaired) electrons. The summed E-state index contributed by atoms with van der Waals surface area (Å²) < 4.78 is 27.7. The molecule has 27 heavy (non-hydrogen) atoms. The Morgan fingerprint density at radius 3 is 2.63 bits per heavy atom. The predicted octanol–water partition coefficient (Wildman–Crippen LogP) is 2.23. The highest BCUT2D eigenvalue weighted by Crippen LogP contribution is 2.29. The molecule has 3 atom stereocenters. The number of nitrogens with one attached hydrogen (secondary N) is 1. The fraction of sp³-hybridized carbons (Fsp3) is 0.722. The number of nitrogens with zero attached hydrogens (tertiary/aromatic N) is 2. The second-order valence-electron chi connectivity index (χ2n) is 7.78. The lowest BCUT2D eigenvalue weighted by atomic mass is 9.97. The van der Waals surface area contributed by atoms with E-state index in [2.05, 4.69) is 5.32 Å². The van der Waals surface area contributed by atoms with E-state index in [1.165, 1.54) is 22.1 Å². The first-order valence-electron chi connectivity index (χ1n) is 9.55. The molecular formula is C18H28ClN3O3S2. The number of rotatable bonds is 3. The highest BCUT2D eigenvalue weighted by Gasteiger charge is 2.38. The first kappa shape index (κ1) is 21.0. The molecule has 0 spiro atoms. The molecule has 3 aliphatic heterocycles. The third-order valence-electron chi connectivity index (χ3n) is 5.88. The third kappa shape index (κ3) is 4.34. The molecule has 3 saturated heterocycles. The summed E-state index contributed by atoms with van der Waals surface area (Å²) in [5, 5.41) is 3.60. The van der Waals surface area contributed by atoms with Crippen LogP contribution in [0.15, 0.2) is 16.3 Å². The van der Waals surface area contributed by atoms with Crippen LogP contribution in [-0.4, -0.2) is 61.8 Å². The number of carbonyl (C=O) groups is 1. The van der Waals surface area contributed by atoms with Crippen molar-refractivity contribution in [3.63, 3.8) is 0 Å². The SMILES string of the molecule is Cc1ccc(S(=O)(=O)N2CCCC(C(=O)N3CCC4CCC(C3)N4)C2)s1.Cl. The van der Waals surface area contributed by atoms with Gasteiger partial charge in [0, 0.05) is 43.1 Å². The average Bonchev–Trinajstić information content (AvgIpc) is 3.20. The molecule has 1 aromatic rings. The standard InChI is InChI=1S/C18H27N3O3S2.ClH/c1-13-4-7-17(25-13)26(23,24)21-9-2-3-14(11-21)18(22)20-10-8-15-5-6-16(12-20)19-15;/h4,7,14-16,19H,2-3,5-6,8-12H2,1H3;1H. The van der Waals surface area contributed by atoms with Gasteiger partial charge in [0.05, 0.1) is 5.92 Å². The van der Waals surface area contributed by atoms with Gasteiger partial charge in [-0.05, 0) is 51.2 Å². The Labute approximate surface area is 171 Å². The van der Waals surface area contributed by atoms with Gasteiger partial charge in [-0.15, -0.1) is 23.7 Å². The molecule has 0 aromatic carbocycles.